The summed E-state index contributed by atoms with van der Waals surface area (Å²) in [5.74, 6) is 0. The van der Waals surface area contributed by atoms with Gasteiger partial charge in [-0.3, -0.25) is 4.72 Å². The molecule has 10 heteroatoms. The Bertz CT molecular complexity index is 855. The Kier molecular flexibility index (Phi) is 4.85. The number of nitrogens with zero attached hydrogens (tertiary/aromatic N) is 1. The molecule has 2 rings (SSSR count). The summed E-state index contributed by atoms with van der Waals surface area (Å²) in [6.07, 6.45) is 2.39. The van der Waals surface area contributed by atoms with Crippen molar-refractivity contribution in [2.24, 2.45) is 0 Å². The van der Waals surface area contributed by atoms with Gasteiger partial charge in [0.2, 0.25) is 10.0 Å². The Morgan fingerprint density at radius 1 is 1.14 bits per heavy atom. The Morgan fingerprint density at radius 2 is 1.77 bits per heavy atom. The van der Waals surface area contributed by atoms with Crippen molar-refractivity contribution in [3.8, 4) is 0 Å². The average Bonchev–Trinajstić information content (AvgIpc) is 2.84. The molecule has 2 aromatic rings. The van der Waals surface area contributed by atoms with Gasteiger partial charge in [0.25, 0.3) is 10.0 Å². The van der Waals surface area contributed by atoms with Crippen molar-refractivity contribution in [3.63, 3.8) is 0 Å². The summed E-state index contributed by atoms with van der Waals surface area (Å²) in [6.45, 7) is 1.88. The normalized spacial score (nSPS) is 12.3. The Morgan fingerprint density at radius 3 is 2.27 bits per heavy atom. The van der Waals surface area contributed by atoms with E-state index in [0.717, 1.165) is 23.2 Å². The third kappa shape index (κ3) is 4.77. The lowest BCUT2D eigenvalue weighted by Crippen LogP contribution is -2.21. The van der Waals surface area contributed by atoms with E-state index in [4.69, 9.17) is 0 Å². The highest BCUT2D eigenvalue weighted by Gasteiger charge is 2.17. The number of hydrogen-bond acceptors (Lipinski definition) is 6. The lowest BCUT2D eigenvalue weighted by Gasteiger charge is -2.07. The van der Waals surface area contributed by atoms with Gasteiger partial charge in [-0.25, -0.2) is 26.5 Å². The van der Waals surface area contributed by atoms with Crippen LogP contribution in [0.25, 0.3) is 0 Å². The van der Waals surface area contributed by atoms with Crippen LogP contribution in [0.15, 0.2) is 34.7 Å². The topological polar surface area (TPSA) is 105 Å². The van der Waals surface area contributed by atoms with Gasteiger partial charge in [-0.2, -0.15) is 0 Å². The number of sulfonamides is 2. The fourth-order valence-corrected chi connectivity index (χ4v) is 4.17. The molecule has 0 saturated carbocycles. The standard InChI is InChI=1S/C12H15N3O4S3/c1-9-13-8-12(20-9)22(18,19)15-11-5-3-10(4-6-11)7-14-21(2,16)17/h3-6,8,14-15H,7H2,1-2H3. The van der Waals surface area contributed by atoms with Crippen LogP contribution in [0.5, 0.6) is 0 Å². The lowest BCUT2D eigenvalue weighted by atomic mass is 10.2. The van der Waals surface area contributed by atoms with Gasteiger partial charge in [-0.05, 0) is 24.6 Å². The third-order valence-electron chi connectivity index (χ3n) is 2.61. The Labute approximate surface area is 133 Å². The molecule has 0 bridgehead atoms. The zero-order chi connectivity index (χ0) is 16.4. The quantitative estimate of drug-likeness (QED) is 0.807. The minimum atomic E-state index is -3.65. The molecule has 1 heterocycles. The number of aromatic nitrogens is 1. The van der Waals surface area contributed by atoms with Crippen LogP contribution in [-0.2, 0) is 26.6 Å². The Balaban J connectivity index is 2.08. The van der Waals surface area contributed by atoms with E-state index in [-0.39, 0.29) is 10.8 Å². The molecule has 120 valence electrons. The molecule has 0 amide bonds. The smallest absolute Gasteiger partial charge is 0.273 e. The highest BCUT2D eigenvalue weighted by molar-refractivity contribution is 7.94. The number of nitrogens with one attached hydrogen (secondary N) is 2. The fraction of sp³-hybridized carbons (Fsp3) is 0.250. The molecule has 0 aliphatic carbocycles. The van der Waals surface area contributed by atoms with Gasteiger partial charge in [-0.1, -0.05) is 12.1 Å². The first kappa shape index (κ1) is 16.9. The Hall–Kier alpha value is -1.49. The second-order valence-corrected chi connectivity index (χ2v) is 9.57. The van der Waals surface area contributed by atoms with Gasteiger partial charge >= 0.3 is 0 Å². The molecule has 0 aliphatic rings. The number of anilines is 1. The molecule has 1 aromatic carbocycles. The molecule has 0 saturated heterocycles. The molecule has 0 spiro atoms. The zero-order valence-corrected chi connectivity index (χ0v) is 14.3. The number of thiazole rings is 1. The third-order valence-corrected chi connectivity index (χ3v) is 6.03. The zero-order valence-electron chi connectivity index (χ0n) is 11.9. The van der Waals surface area contributed by atoms with Crippen molar-refractivity contribution < 1.29 is 16.8 Å². The maximum absolute atomic E-state index is 12.1. The number of rotatable bonds is 6. The van der Waals surface area contributed by atoms with Crippen molar-refractivity contribution in [1.82, 2.24) is 9.71 Å². The SMILES string of the molecule is Cc1ncc(S(=O)(=O)Nc2ccc(CNS(C)(=O)=O)cc2)s1. The summed E-state index contributed by atoms with van der Waals surface area (Å²) in [5, 5.41) is 0.669. The maximum Gasteiger partial charge on any atom is 0.273 e. The highest BCUT2D eigenvalue weighted by atomic mass is 32.2. The molecule has 0 atom stereocenters. The molecule has 0 unspecified atom stereocenters. The number of aryl methyl sites for hydroxylation is 1. The molecule has 7 nitrogen and oxygen atoms in total. The summed E-state index contributed by atoms with van der Waals surface area (Å²) in [6, 6.07) is 6.44. The van der Waals surface area contributed by atoms with E-state index in [0.29, 0.717) is 10.7 Å². The predicted octanol–water partition coefficient (Wildman–Crippen LogP) is 1.30. The first-order valence-electron chi connectivity index (χ1n) is 6.14. The van der Waals surface area contributed by atoms with E-state index in [9.17, 15) is 16.8 Å². The van der Waals surface area contributed by atoms with Gasteiger partial charge in [0, 0.05) is 12.2 Å². The second-order valence-electron chi connectivity index (χ2n) is 4.59. The lowest BCUT2D eigenvalue weighted by molar-refractivity contribution is 0.587. The summed E-state index contributed by atoms with van der Waals surface area (Å²) in [7, 11) is -6.91. The van der Waals surface area contributed by atoms with E-state index in [1.165, 1.54) is 6.20 Å². The van der Waals surface area contributed by atoms with E-state index in [2.05, 4.69) is 14.4 Å². The van der Waals surface area contributed by atoms with Gasteiger partial charge in [0.1, 0.15) is 0 Å². The number of benzene rings is 1. The van der Waals surface area contributed by atoms with Crippen LogP contribution in [-0.4, -0.2) is 28.1 Å². The summed E-state index contributed by atoms with van der Waals surface area (Å²) >= 11 is 1.09. The highest BCUT2D eigenvalue weighted by Crippen LogP contribution is 2.21. The van der Waals surface area contributed by atoms with Crippen LogP contribution in [0.4, 0.5) is 5.69 Å². The monoisotopic (exact) mass is 361 g/mol. The van der Waals surface area contributed by atoms with Crippen LogP contribution in [0.3, 0.4) is 0 Å². The van der Waals surface area contributed by atoms with Gasteiger partial charge < -0.3 is 0 Å². The number of hydrogen-bond donors (Lipinski definition) is 2. The van der Waals surface area contributed by atoms with Crippen molar-refractivity contribution in [2.45, 2.75) is 17.7 Å². The van der Waals surface area contributed by atoms with Crippen molar-refractivity contribution in [2.75, 3.05) is 11.0 Å². The summed E-state index contributed by atoms with van der Waals surface area (Å²) in [5.41, 5.74) is 1.12. The molecule has 0 fully saturated rings. The van der Waals surface area contributed by atoms with Crippen LogP contribution >= 0.6 is 11.3 Å². The van der Waals surface area contributed by atoms with E-state index in [1.54, 1.807) is 31.2 Å². The first-order valence-corrected chi connectivity index (χ1v) is 10.3. The minimum Gasteiger partial charge on any atom is -0.279 e. The largest absolute Gasteiger partial charge is 0.279 e. The molecule has 0 radical (unpaired) electrons. The summed E-state index contributed by atoms with van der Waals surface area (Å²) < 4.78 is 51.2. The maximum atomic E-state index is 12.1. The first-order chi connectivity index (χ1) is 10.2. The fourth-order valence-electron chi connectivity index (χ4n) is 1.58. The van der Waals surface area contributed by atoms with Crippen molar-refractivity contribution >= 4 is 37.1 Å². The van der Waals surface area contributed by atoms with E-state index in [1.807, 2.05) is 0 Å². The molecular formula is C12H15N3O4S3. The summed E-state index contributed by atoms with van der Waals surface area (Å²) in [4.78, 5) is 3.92. The molecule has 2 N–H and O–H groups in total. The van der Waals surface area contributed by atoms with Gasteiger partial charge in [-0.15, -0.1) is 11.3 Å². The molecular weight excluding hydrogens is 346 g/mol. The van der Waals surface area contributed by atoms with Crippen molar-refractivity contribution in [1.29, 1.82) is 0 Å². The van der Waals surface area contributed by atoms with Gasteiger partial charge in [0.15, 0.2) is 4.21 Å². The van der Waals surface area contributed by atoms with Crippen LogP contribution < -0.4 is 9.44 Å². The van der Waals surface area contributed by atoms with Gasteiger partial charge in [0.05, 0.1) is 17.5 Å². The minimum absolute atomic E-state index is 0.146. The average molecular weight is 361 g/mol. The van der Waals surface area contributed by atoms with E-state index >= 15 is 0 Å². The van der Waals surface area contributed by atoms with Crippen LogP contribution in [0.2, 0.25) is 0 Å². The van der Waals surface area contributed by atoms with E-state index < -0.39 is 20.0 Å². The van der Waals surface area contributed by atoms with Crippen LogP contribution in [0, 0.1) is 6.92 Å². The molecule has 1 aromatic heterocycles. The molecule has 0 aliphatic heterocycles. The van der Waals surface area contributed by atoms with Crippen LogP contribution in [0.1, 0.15) is 10.6 Å². The van der Waals surface area contributed by atoms with Crippen molar-refractivity contribution in [3.05, 3.63) is 41.0 Å². The second kappa shape index (κ2) is 6.32. The predicted molar refractivity (Wildman–Crippen MR) is 85.8 cm³/mol. The molecule has 22 heavy (non-hydrogen) atoms.